The fourth-order valence-corrected chi connectivity index (χ4v) is 2.39. The highest BCUT2D eigenvalue weighted by molar-refractivity contribution is 9.10. The van der Waals surface area contributed by atoms with Crippen LogP contribution in [0.15, 0.2) is 33.9 Å². The molecule has 2 aromatic rings. The molecule has 0 N–H and O–H groups in total. The first-order valence-electron chi connectivity index (χ1n) is 3.56. The van der Waals surface area contributed by atoms with E-state index < -0.39 is 9.05 Å². The van der Waals surface area contributed by atoms with Gasteiger partial charge in [0.25, 0.3) is 9.05 Å². The smallest absolute Gasteiger partial charge is 0.238 e. The van der Waals surface area contributed by atoms with Gasteiger partial charge in [0, 0.05) is 21.4 Å². The van der Waals surface area contributed by atoms with Gasteiger partial charge in [-0.05, 0) is 28.1 Å². The fourth-order valence-electron chi connectivity index (χ4n) is 1.12. The number of nitrogens with zero attached hydrogens (tertiary/aromatic N) is 2. The van der Waals surface area contributed by atoms with E-state index in [0.29, 0.717) is 5.52 Å². The number of halogens is 2. The monoisotopic (exact) mass is 294 g/mol. The predicted molar refractivity (Wildman–Crippen MR) is 55.9 cm³/mol. The molecule has 0 aliphatic heterocycles. The van der Waals surface area contributed by atoms with Gasteiger partial charge in [-0.3, -0.25) is 0 Å². The number of rotatable bonds is 1. The summed E-state index contributed by atoms with van der Waals surface area (Å²) in [7, 11) is 1.50. The summed E-state index contributed by atoms with van der Waals surface area (Å²) in [4.78, 5) is 0.0201. The Kier molecular flexibility index (Phi) is 2.29. The summed E-state index contributed by atoms with van der Waals surface area (Å²) in [6.45, 7) is 0. The van der Waals surface area contributed by atoms with E-state index in [2.05, 4.69) is 21.0 Å². The molecule has 0 aliphatic carbocycles. The molecule has 0 aromatic carbocycles. The maximum Gasteiger partial charge on any atom is 0.265 e. The van der Waals surface area contributed by atoms with Gasteiger partial charge in [-0.15, -0.1) is 0 Å². The van der Waals surface area contributed by atoms with Crippen molar-refractivity contribution in [3.8, 4) is 0 Å². The highest BCUT2D eigenvalue weighted by atomic mass is 79.9. The highest BCUT2D eigenvalue weighted by Gasteiger charge is 2.16. The molecule has 7 heteroatoms. The van der Waals surface area contributed by atoms with Crippen LogP contribution in [0.3, 0.4) is 0 Å². The Morgan fingerprint density at radius 2 is 2.14 bits per heavy atom. The van der Waals surface area contributed by atoms with Crippen molar-refractivity contribution >= 4 is 41.2 Å². The molecule has 14 heavy (non-hydrogen) atoms. The molecule has 0 spiro atoms. The van der Waals surface area contributed by atoms with E-state index in [1.165, 1.54) is 10.7 Å². The van der Waals surface area contributed by atoms with Crippen LogP contribution in [0.1, 0.15) is 0 Å². The van der Waals surface area contributed by atoms with Crippen LogP contribution in [0.25, 0.3) is 5.52 Å². The maximum atomic E-state index is 11.1. The zero-order chi connectivity index (χ0) is 10.3. The van der Waals surface area contributed by atoms with Crippen molar-refractivity contribution in [1.29, 1.82) is 0 Å². The van der Waals surface area contributed by atoms with Gasteiger partial charge < -0.3 is 0 Å². The van der Waals surface area contributed by atoms with Crippen LogP contribution < -0.4 is 0 Å². The minimum atomic E-state index is -3.73. The van der Waals surface area contributed by atoms with Gasteiger partial charge in [0.15, 0.2) is 0 Å². The van der Waals surface area contributed by atoms with Crippen LogP contribution in [0.2, 0.25) is 0 Å². The average molecular weight is 296 g/mol. The van der Waals surface area contributed by atoms with Crippen molar-refractivity contribution in [2.75, 3.05) is 0 Å². The van der Waals surface area contributed by atoms with Gasteiger partial charge in [-0.2, -0.15) is 5.10 Å². The minimum Gasteiger partial charge on any atom is -0.238 e. The molecule has 0 unspecified atom stereocenters. The third-order valence-electron chi connectivity index (χ3n) is 1.71. The van der Waals surface area contributed by atoms with E-state index in [1.807, 2.05) is 0 Å². The third kappa shape index (κ3) is 1.65. The largest absolute Gasteiger partial charge is 0.265 e. The Hall–Kier alpha value is -0.590. The standard InChI is InChI=1S/C7H4BrClN2O2S/c8-5-1-2-6-7(14(9,12)13)3-10-11(6)4-5/h1-4H. The molecule has 74 valence electrons. The molecule has 0 aliphatic rings. The lowest BCUT2D eigenvalue weighted by molar-refractivity contribution is 0.610. The topological polar surface area (TPSA) is 51.4 Å². The molecule has 0 atom stereocenters. The summed E-state index contributed by atoms with van der Waals surface area (Å²) in [5.41, 5.74) is 0.461. The first-order valence-corrected chi connectivity index (χ1v) is 6.66. The second kappa shape index (κ2) is 3.22. The van der Waals surface area contributed by atoms with E-state index in [-0.39, 0.29) is 4.90 Å². The van der Waals surface area contributed by atoms with Gasteiger partial charge in [0.05, 0.1) is 11.7 Å². The predicted octanol–water partition coefficient (Wildman–Crippen LogP) is 2.02. The van der Waals surface area contributed by atoms with Crippen molar-refractivity contribution in [2.45, 2.75) is 4.90 Å². The Balaban J connectivity index is 2.83. The third-order valence-corrected chi connectivity index (χ3v) is 3.52. The molecule has 0 bridgehead atoms. The quantitative estimate of drug-likeness (QED) is 0.756. The van der Waals surface area contributed by atoms with Crippen LogP contribution in [0, 0.1) is 0 Å². The molecular weight excluding hydrogens is 292 g/mol. The van der Waals surface area contributed by atoms with Crippen LogP contribution in [-0.2, 0) is 9.05 Å². The van der Waals surface area contributed by atoms with Crippen LogP contribution in [0.4, 0.5) is 0 Å². The second-order valence-corrected chi connectivity index (χ2v) is 6.07. The summed E-state index contributed by atoms with van der Waals surface area (Å²) in [6.07, 6.45) is 2.88. The SMILES string of the molecule is O=S(=O)(Cl)c1cnn2cc(Br)ccc12. The lowest BCUT2D eigenvalue weighted by atomic mass is 10.4. The lowest BCUT2D eigenvalue weighted by Crippen LogP contribution is -1.90. The zero-order valence-corrected chi connectivity index (χ0v) is 9.84. The van der Waals surface area contributed by atoms with E-state index in [0.717, 1.165) is 4.47 Å². The van der Waals surface area contributed by atoms with Crippen molar-refractivity contribution in [3.63, 3.8) is 0 Å². The van der Waals surface area contributed by atoms with Crippen LogP contribution in [0.5, 0.6) is 0 Å². The number of pyridine rings is 1. The molecule has 2 rings (SSSR count). The van der Waals surface area contributed by atoms with E-state index in [1.54, 1.807) is 18.3 Å². The maximum absolute atomic E-state index is 11.1. The van der Waals surface area contributed by atoms with Gasteiger partial charge in [0.2, 0.25) is 0 Å². The number of fused-ring (bicyclic) bond motifs is 1. The summed E-state index contributed by atoms with van der Waals surface area (Å²) >= 11 is 3.25. The van der Waals surface area contributed by atoms with Gasteiger partial charge in [0.1, 0.15) is 4.90 Å². The summed E-state index contributed by atoms with van der Waals surface area (Å²) in [6, 6.07) is 3.36. The summed E-state index contributed by atoms with van der Waals surface area (Å²) in [5.74, 6) is 0. The van der Waals surface area contributed by atoms with E-state index in [4.69, 9.17) is 10.7 Å². The van der Waals surface area contributed by atoms with Crippen molar-refractivity contribution in [3.05, 3.63) is 29.0 Å². The fraction of sp³-hybridized carbons (Fsp3) is 0. The Morgan fingerprint density at radius 1 is 1.43 bits per heavy atom. The first-order chi connectivity index (χ1) is 6.48. The van der Waals surface area contributed by atoms with Gasteiger partial charge >= 0.3 is 0 Å². The lowest BCUT2D eigenvalue weighted by Gasteiger charge is -1.95. The Labute approximate surface area is 93.0 Å². The van der Waals surface area contributed by atoms with E-state index >= 15 is 0 Å². The minimum absolute atomic E-state index is 0.0201. The molecule has 2 aromatic heterocycles. The van der Waals surface area contributed by atoms with Gasteiger partial charge in [-0.25, -0.2) is 12.9 Å². The molecule has 0 amide bonds. The zero-order valence-electron chi connectivity index (χ0n) is 6.68. The van der Waals surface area contributed by atoms with Crippen LogP contribution >= 0.6 is 26.6 Å². The molecule has 0 fully saturated rings. The molecular formula is C7H4BrClN2O2S. The Morgan fingerprint density at radius 3 is 2.79 bits per heavy atom. The number of aromatic nitrogens is 2. The van der Waals surface area contributed by atoms with Crippen molar-refractivity contribution < 1.29 is 8.42 Å². The number of hydrogen-bond donors (Lipinski definition) is 0. The first kappa shape index (κ1) is 9.95. The second-order valence-electron chi connectivity index (χ2n) is 2.62. The summed E-state index contributed by atoms with van der Waals surface area (Å²) in [5, 5.41) is 3.87. The molecule has 0 radical (unpaired) electrons. The summed E-state index contributed by atoms with van der Waals surface area (Å²) < 4.78 is 24.4. The van der Waals surface area contributed by atoms with Crippen molar-refractivity contribution in [2.24, 2.45) is 0 Å². The Bertz CT molecular complexity index is 593. The number of hydrogen-bond acceptors (Lipinski definition) is 3. The highest BCUT2D eigenvalue weighted by Crippen LogP contribution is 2.22. The molecule has 4 nitrogen and oxygen atoms in total. The van der Waals surface area contributed by atoms with Crippen LogP contribution in [-0.4, -0.2) is 18.0 Å². The van der Waals surface area contributed by atoms with Gasteiger partial charge in [-0.1, -0.05) is 0 Å². The molecule has 2 heterocycles. The van der Waals surface area contributed by atoms with Crippen molar-refractivity contribution in [1.82, 2.24) is 9.61 Å². The molecule has 0 saturated carbocycles. The molecule has 0 saturated heterocycles. The average Bonchev–Trinajstić information content (AvgIpc) is 2.45. The van der Waals surface area contributed by atoms with E-state index in [9.17, 15) is 8.42 Å². The normalized spacial score (nSPS) is 12.1.